The summed E-state index contributed by atoms with van der Waals surface area (Å²) in [5, 5.41) is 3.66. The van der Waals surface area contributed by atoms with Gasteiger partial charge in [-0.25, -0.2) is 0 Å². The molecule has 0 aromatic heterocycles. The minimum Gasteiger partial charge on any atom is -0.381 e. The highest BCUT2D eigenvalue weighted by Crippen LogP contribution is 2.22. The zero-order chi connectivity index (χ0) is 11.3. The van der Waals surface area contributed by atoms with Gasteiger partial charge in [0.1, 0.15) is 0 Å². The SMILES string of the molecule is CCN(CC)CC(C)NC1CC(OC)C1. The summed E-state index contributed by atoms with van der Waals surface area (Å²) in [5.41, 5.74) is 0. The summed E-state index contributed by atoms with van der Waals surface area (Å²) < 4.78 is 5.27. The van der Waals surface area contributed by atoms with Crippen LogP contribution in [0, 0.1) is 0 Å². The topological polar surface area (TPSA) is 24.5 Å². The first kappa shape index (κ1) is 12.9. The van der Waals surface area contributed by atoms with Gasteiger partial charge >= 0.3 is 0 Å². The van der Waals surface area contributed by atoms with E-state index in [2.05, 4.69) is 31.0 Å². The van der Waals surface area contributed by atoms with Crippen molar-refractivity contribution in [3.63, 3.8) is 0 Å². The zero-order valence-electron chi connectivity index (χ0n) is 10.6. The Labute approximate surface area is 94.2 Å². The van der Waals surface area contributed by atoms with Crippen LogP contribution >= 0.6 is 0 Å². The van der Waals surface area contributed by atoms with Crippen LogP contribution in [-0.2, 0) is 4.74 Å². The van der Waals surface area contributed by atoms with E-state index in [1.54, 1.807) is 7.11 Å². The molecule has 0 aliphatic heterocycles. The molecule has 3 heteroatoms. The summed E-state index contributed by atoms with van der Waals surface area (Å²) in [4.78, 5) is 2.46. The van der Waals surface area contributed by atoms with Crippen molar-refractivity contribution in [1.29, 1.82) is 0 Å². The second-order valence-corrected chi connectivity index (χ2v) is 4.58. The van der Waals surface area contributed by atoms with Crippen LogP contribution < -0.4 is 5.32 Å². The molecular weight excluding hydrogens is 188 g/mol. The maximum absolute atomic E-state index is 5.27. The molecule has 1 aliphatic rings. The van der Waals surface area contributed by atoms with Gasteiger partial charge in [-0.15, -0.1) is 0 Å². The molecule has 0 amide bonds. The molecule has 1 N–H and O–H groups in total. The Balaban J connectivity index is 2.11. The number of methoxy groups -OCH3 is 1. The lowest BCUT2D eigenvalue weighted by molar-refractivity contribution is 0.0136. The molecule has 90 valence electrons. The first-order valence-corrected chi connectivity index (χ1v) is 6.20. The molecule has 0 heterocycles. The van der Waals surface area contributed by atoms with Gasteiger partial charge in [0.15, 0.2) is 0 Å². The van der Waals surface area contributed by atoms with Crippen LogP contribution in [0.5, 0.6) is 0 Å². The highest BCUT2D eigenvalue weighted by atomic mass is 16.5. The van der Waals surface area contributed by atoms with Crippen LogP contribution in [0.2, 0.25) is 0 Å². The van der Waals surface area contributed by atoms with Crippen molar-refractivity contribution in [2.24, 2.45) is 0 Å². The molecule has 0 radical (unpaired) electrons. The fraction of sp³-hybridized carbons (Fsp3) is 1.00. The van der Waals surface area contributed by atoms with Crippen molar-refractivity contribution in [2.45, 2.75) is 51.8 Å². The molecule has 0 aromatic carbocycles. The second-order valence-electron chi connectivity index (χ2n) is 4.58. The van der Waals surface area contributed by atoms with Gasteiger partial charge in [-0.3, -0.25) is 0 Å². The average Bonchev–Trinajstić information content (AvgIpc) is 2.19. The maximum atomic E-state index is 5.27. The van der Waals surface area contributed by atoms with Crippen molar-refractivity contribution in [3.8, 4) is 0 Å². The molecule has 0 saturated heterocycles. The van der Waals surface area contributed by atoms with Gasteiger partial charge in [0.25, 0.3) is 0 Å². The van der Waals surface area contributed by atoms with E-state index in [4.69, 9.17) is 4.74 Å². The van der Waals surface area contributed by atoms with Crippen LogP contribution in [0.4, 0.5) is 0 Å². The first-order valence-electron chi connectivity index (χ1n) is 6.20. The zero-order valence-corrected chi connectivity index (χ0v) is 10.6. The van der Waals surface area contributed by atoms with Crippen LogP contribution in [0.15, 0.2) is 0 Å². The number of hydrogen-bond acceptors (Lipinski definition) is 3. The summed E-state index contributed by atoms with van der Waals surface area (Å²) in [7, 11) is 1.81. The van der Waals surface area contributed by atoms with Gasteiger partial charge in [-0.1, -0.05) is 13.8 Å². The van der Waals surface area contributed by atoms with E-state index in [9.17, 15) is 0 Å². The largest absolute Gasteiger partial charge is 0.381 e. The monoisotopic (exact) mass is 214 g/mol. The lowest BCUT2D eigenvalue weighted by Crippen LogP contribution is -2.51. The molecule has 0 aromatic rings. The van der Waals surface area contributed by atoms with Crippen molar-refractivity contribution in [2.75, 3.05) is 26.7 Å². The summed E-state index contributed by atoms with van der Waals surface area (Å²) in [6.45, 7) is 10.2. The number of hydrogen-bond donors (Lipinski definition) is 1. The molecule has 1 atom stereocenters. The van der Waals surface area contributed by atoms with Gasteiger partial charge in [0.05, 0.1) is 6.10 Å². The van der Waals surface area contributed by atoms with Crippen molar-refractivity contribution in [1.82, 2.24) is 10.2 Å². The van der Waals surface area contributed by atoms with Crippen LogP contribution in [0.25, 0.3) is 0 Å². The standard InChI is InChI=1S/C12H26N2O/c1-5-14(6-2)9-10(3)13-11-7-12(8-11)15-4/h10-13H,5-9H2,1-4H3. The fourth-order valence-corrected chi connectivity index (χ4v) is 2.22. The molecule has 0 spiro atoms. The highest BCUT2D eigenvalue weighted by Gasteiger charge is 2.29. The summed E-state index contributed by atoms with van der Waals surface area (Å²) >= 11 is 0. The van der Waals surface area contributed by atoms with Gasteiger partial charge in [0.2, 0.25) is 0 Å². The second kappa shape index (κ2) is 6.46. The van der Waals surface area contributed by atoms with Gasteiger partial charge < -0.3 is 15.0 Å². The number of nitrogens with one attached hydrogen (secondary N) is 1. The van der Waals surface area contributed by atoms with E-state index in [0.29, 0.717) is 18.2 Å². The highest BCUT2D eigenvalue weighted by molar-refractivity contribution is 4.87. The summed E-state index contributed by atoms with van der Waals surface area (Å²) in [6, 6.07) is 1.27. The molecule has 1 fully saturated rings. The minimum absolute atomic E-state index is 0.503. The number of rotatable bonds is 7. The lowest BCUT2D eigenvalue weighted by Gasteiger charge is -2.37. The van der Waals surface area contributed by atoms with Crippen molar-refractivity contribution < 1.29 is 4.74 Å². The van der Waals surface area contributed by atoms with E-state index in [0.717, 1.165) is 19.6 Å². The Bertz CT molecular complexity index is 165. The van der Waals surface area contributed by atoms with Gasteiger partial charge in [-0.05, 0) is 32.9 Å². The van der Waals surface area contributed by atoms with Gasteiger partial charge in [-0.2, -0.15) is 0 Å². The number of likely N-dealkylation sites (N-methyl/N-ethyl adjacent to an activating group) is 1. The maximum Gasteiger partial charge on any atom is 0.0601 e. The predicted molar refractivity (Wildman–Crippen MR) is 64.2 cm³/mol. The molecular formula is C12H26N2O. The third-order valence-electron chi connectivity index (χ3n) is 3.37. The molecule has 1 saturated carbocycles. The molecule has 1 unspecified atom stereocenters. The van der Waals surface area contributed by atoms with E-state index in [-0.39, 0.29) is 0 Å². The lowest BCUT2D eigenvalue weighted by atomic mass is 9.89. The van der Waals surface area contributed by atoms with Crippen LogP contribution in [-0.4, -0.2) is 49.8 Å². The minimum atomic E-state index is 0.503. The number of ether oxygens (including phenoxy) is 1. The Hall–Kier alpha value is -0.120. The van der Waals surface area contributed by atoms with E-state index >= 15 is 0 Å². The smallest absolute Gasteiger partial charge is 0.0601 e. The normalized spacial score (nSPS) is 27.8. The fourth-order valence-electron chi connectivity index (χ4n) is 2.22. The Morgan fingerprint density at radius 3 is 2.40 bits per heavy atom. The van der Waals surface area contributed by atoms with Crippen LogP contribution in [0.1, 0.15) is 33.6 Å². The molecule has 1 aliphatic carbocycles. The number of nitrogens with zero attached hydrogens (tertiary/aromatic N) is 1. The molecule has 1 rings (SSSR count). The van der Waals surface area contributed by atoms with Crippen molar-refractivity contribution in [3.05, 3.63) is 0 Å². The summed E-state index contributed by atoms with van der Waals surface area (Å²) in [5.74, 6) is 0. The Morgan fingerprint density at radius 2 is 1.93 bits per heavy atom. The van der Waals surface area contributed by atoms with Crippen molar-refractivity contribution >= 4 is 0 Å². The quantitative estimate of drug-likeness (QED) is 0.695. The Kier molecular flexibility index (Phi) is 5.58. The summed E-state index contributed by atoms with van der Waals surface area (Å²) in [6.07, 6.45) is 2.86. The molecule has 0 bridgehead atoms. The Morgan fingerprint density at radius 1 is 1.33 bits per heavy atom. The van der Waals surface area contributed by atoms with E-state index in [1.807, 2.05) is 0 Å². The molecule has 3 nitrogen and oxygen atoms in total. The van der Waals surface area contributed by atoms with Crippen LogP contribution in [0.3, 0.4) is 0 Å². The average molecular weight is 214 g/mol. The van der Waals surface area contributed by atoms with Gasteiger partial charge in [0, 0.05) is 25.7 Å². The first-order chi connectivity index (χ1) is 7.19. The third-order valence-corrected chi connectivity index (χ3v) is 3.37. The van der Waals surface area contributed by atoms with E-state index in [1.165, 1.54) is 12.8 Å². The predicted octanol–water partition coefficient (Wildman–Crippen LogP) is 1.48. The molecule has 15 heavy (non-hydrogen) atoms. The third kappa shape index (κ3) is 4.09. The van der Waals surface area contributed by atoms with E-state index < -0.39 is 0 Å².